The number of Topliss-reactive ketones (excluding diaryl/α,β-unsaturated/α-hetero) is 4. The van der Waals surface area contributed by atoms with Crippen LogP contribution in [0.15, 0.2) is 140 Å². The maximum Gasteiger partial charge on any atom is 0.414 e. The van der Waals surface area contributed by atoms with Gasteiger partial charge in [-0.1, -0.05) is 116 Å². The molecule has 8 atom stereocenters. The molecular formula is C111H143N11O26S2. The predicted octanol–water partition coefficient (Wildman–Crippen LogP) is 15.0. The minimum absolute atomic E-state index is 0.00581. The van der Waals surface area contributed by atoms with Crippen LogP contribution in [0.4, 0.5) is 38.0 Å². The zero-order valence-electron chi connectivity index (χ0n) is 87.7. The van der Waals surface area contributed by atoms with E-state index in [2.05, 4.69) is 64.2 Å². The van der Waals surface area contributed by atoms with E-state index in [-0.39, 0.29) is 223 Å². The second kappa shape index (κ2) is 58.3. The maximum absolute atomic E-state index is 15.2. The molecular weight excluding hydrogens is 1970 g/mol. The number of amides is 11. The summed E-state index contributed by atoms with van der Waals surface area (Å²) in [5.74, 6) is -5.88. The number of methoxy groups -OCH3 is 4. The predicted molar refractivity (Wildman–Crippen MR) is 569 cm³/mol. The van der Waals surface area contributed by atoms with Gasteiger partial charge >= 0.3 is 12.2 Å². The first-order valence-electron chi connectivity index (χ1n) is 51.1. The lowest BCUT2D eigenvalue weighted by atomic mass is 9.96. The zero-order chi connectivity index (χ0) is 108. The molecule has 39 heteroatoms. The highest BCUT2D eigenvalue weighted by Crippen LogP contribution is 2.46. The molecule has 6 aromatic rings. The average molecular weight is 2110 g/mol. The summed E-state index contributed by atoms with van der Waals surface area (Å²) in [4.78, 5) is 215. The number of nitrogens with one attached hydrogen (secondary N) is 7. The van der Waals surface area contributed by atoms with Crippen molar-refractivity contribution in [2.75, 3.05) is 133 Å². The molecule has 8 aliphatic rings. The average Bonchev–Trinajstić information content (AvgIpc) is 1.60. The largest absolute Gasteiger partial charge is 0.493 e. The van der Waals surface area contributed by atoms with E-state index in [1.165, 1.54) is 50.0 Å². The van der Waals surface area contributed by atoms with Gasteiger partial charge in [0.1, 0.15) is 74.0 Å². The summed E-state index contributed by atoms with van der Waals surface area (Å²) in [6.45, 7) is 20.7. The minimum Gasteiger partial charge on any atom is -0.493 e. The van der Waals surface area contributed by atoms with Gasteiger partial charge in [0.25, 0.3) is 11.8 Å². The van der Waals surface area contributed by atoms with Gasteiger partial charge in [-0.2, -0.15) is 0 Å². The summed E-state index contributed by atoms with van der Waals surface area (Å²) >= 11 is 0. The molecule has 7 N–H and O–H groups in total. The number of unbranched alkanes of at least 4 members (excludes halogenated alkanes) is 3. The van der Waals surface area contributed by atoms with E-state index in [0.29, 0.717) is 141 Å². The van der Waals surface area contributed by atoms with Crippen LogP contribution in [0.2, 0.25) is 0 Å². The molecule has 1 unspecified atom stereocenters. The molecule has 0 radical (unpaired) electrons. The monoisotopic (exact) mass is 2110 g/mol. The Kier molecular flexibility index (Phi) is 45.5. The highest BCUT2D eigenvalue weighted by molar-refractivity contribution is 8.77. The Hall–Kier alpha value is -13.2. The molecule has 0 aromatic heterocycles. The van der Waals surface area contributed by atoms with Crippen LogP contribution in [0.25, 0.3) is 0 Å². The van der Waals surface area contributed by atoms with Crippen LogP contribution in [0.5, 0.6) is 28.7 Å². The van der Waals surface area contributed by atoms with Crippen molar-refractivity contribution in [1.82, 2.24) is 31.1 Å². The molecule has 810 valence electrons. The van der Waals surface area contributed by atoms with Crippen molar-refractivity contribution in [3.63, 3.8) is 0 Å². The Balaban J connectivity index is 0.881. The smallest absolute Gasteiger partial charge is 0.414 e. The Labute approximate surface area is 884 Å². The number of rotatable bonds is 40. The van der Waals surface area contributed by atoms with Crippen molar-refractivity contribution < 1.29 is 124 Å². The Morgan fingerprint density at radius 2 is 1.07 bits per heavy atom. The fourth-order valence-corrected chi connectivity index (χ4v) is 20.5. The first-order valence-corrected chi connectivity index (χ1v) is 53.4. The first-order chi connectivity index (χ1) is 72.0. The number of hydrogen-bond donors (Lipinski definition) is 7. The fraction of sp³-hybridized carbons (Fsp3) is 0.505. The summed E-state index contributed by atoms with van der Waals surface area (Å²) in [6.07, 6.45) is 2.48. The molecule has 0 saturated carbocycles. The Morgan fingerprint density at radius 1 is 0.533 bits per heavy atom. The van der Waals surface area contributed by atoms with Crippen molar-refractivity contribution in [2.24, 2.45) is 17.8 Å². The maximum atomic E-state index is 15.2. The highest BCUT2D eigenvalue weighted by Gasteiger charge is 2.47. The summed E-state index contributed by atoms with van der Waals surface area (Å²) in [5.41, 5.74) is 5.93. The topological polar surface area (TPSA) is 455 Å². The normalized spacial score (nSPS) is 19.2. The fourth-order valence-electron chi connectivity index (χ4n) is 17.9. The van der Waals surface area contributed by atoms with Crippen molar-refractivity contribution in [3.05, 3.63) is 179 Å². The number of hydrogen-bond acceptors (Lipinski definition) is 28. The lowest BCUT2D eigenvalue weighted by molar-refractivity contribution is -0.132. The summed E-state index contributed by atoms with van der Waals surface area (Å²) in [5, 5.41) is 19.9. The molecule has 6 aromatic carbocycles. The molecule has 0 spiro atoms. The van der Waals surface area contributed by atoms with Gasteiger partial charge in [-0.05, 0) is 167 Å². The molecule has 2 saturated heterocycles. The van der Waals surface area contributed by atoms with Crippen LogP contribution in [0.1, 0.15) is 218 Å². The second-order valence-corrected chi connectivity index (χ2v) is 42.2. The van der Waals surface area contributed by atoms with Crippen molar-refractivity contribution in [3.8, 4) is 28.7 Å². The van der Waals surface area contributed by atoms with Gasteiger partial charge < -0.3 is 99.1 Å². The summed E-state index contributed by atoms with van der Waals surface area (Å²) in [7, 11) is 10.7. The van der Waals surface area contributed by atoms with E-state index in [1.54, 1.807) is 157 Å². The van der Waals surface area contributed by atoms with E-state index in [4.69, 9.17) is 52.1 Å². The molecule has 150 heavy (non-hydrogen) atoms. The highest BCUT2D eigenvalue weighted by atomic mass is 33.1. The van der Waals surface area contributed by atoms with Crippen LogP contribution in [0, 0.1) is 17.8 Å². The van der Waals surface area contributed by atoms with Crippen LogP contribution < -0.4 is 70.7 Å². The lowest BCUT2D eigenvalue weighted by Gasteiger charge is -2.33. The number of ether oxygens (including phenoxy) is 11. The molecule has 37 nitrogen and oxygen atoms in total. The van der Waals surface area contributed by atoms with Crippen LogP contribution in [0.3, 0.4) is 0 Å². The number of benzene rings is 6. The van der Waals surface area contributed by atoms with E-state index >= 15 is 9.59 Å². The number of anilines is 5. The van der Waals surface area contributed by atoms with Crippen molar-refractivity contribution in [2.45, 2.75) is 238 Å². The second-order valence-electron chi connectivity index (χ2n) is 39.1. The molecule has 8 heterocycles. The number of nitrogens with zero attached hydrogens (tertiary/aromatic N) is 4. The minimum atomic E-state index is -1.15. The molecule has 10 bridgehead atoms. The van der Waals surface area contributed by atoms with Crippen LogP contribution >= 0.6 is 21.6 Å². The number of ketones is 4. The standard InChI is InChI=1S/C111H143N11O26S2/c1-69-49-83-63-121-94-59-98(96(140-12)57-89(94)107(134)119(83)61-69)145-67-78-54-79(56-88(55-78)144-64-75-22-28-80(29-23-75)114-102(129)71(3)53-87(126)39-48-149-150-111(7,8)40-36-100(127)112-9)68-146-99-60-95-90(58-97(99)141-13)108(135)120-62-70(2)50-93(120)74(6)122(95)110(137)148-66-77-26-32-82(33-27-77)115-105(132)91(20-16-14-15-19-84(123)37-42-142-46-44-138-10)117-103(130)72(4)51-85(124)34-35-86(125)52-73(5)104(131)118-92(21-17-18-41-113-101(128)38-43-143-47-45-139-11)106(133)116-81-30-24-76(25-31-81)65-147-109(121)136/h22-33,54-60,71-74,83,91-93H,1-2,14-21,34-53,61-68H2,3-13H3,(H,112,127)(H,113,128)(H,114,129)(H,115,132)(H,116,133)(H,117,130)(H,118,131)/t71-,72-,73-,74?,83+,91+,92+,93+/m1/s1. The van der Waals surface area contributed by atoms with E-state index in [9.17, 15) is 62.3 Å². The van der Waals surface area contributed by atoms with Gasteiger partial charge in [0.05, 0.1) is 101 Å². The number of carbonyl (C=O) groups is 15. The van der Waals surface area contributed by atoms with Gasteiger partial charge in [-0.3, -0.25) is 72.1 Å². The van der Waals surface area contributed by atoms with E-state index in [1.807, 2.05) is 13.0 Å². The van der Waals surface area contributed by atoms with Crippen LogP contribution in [-0.2, 0) is 114 Å². The number of fused-ring (bicyclic) bond motifs is 2. The SMILES string of the molecule is C=C1C[C@H]2CN3C(=O)OCc4ccc(cc4)NC(=O)[C@H](CCCCNC(=O)CCOCCOC)NC(=O)[C@H](C)CC(=O)CCC(=O)C[C@@H](C)C(=O)N[C@@H](CCCCCC(=O)CCOCCOC)C(=O)Nc4ccc(cc4)COC(=O)N4c5cc(c(OC)cc5C(=O)N5CC(=C)C[C@H]5C4C)OCc4cc(cc(OCc5ccc(NC(=O)[C@H](C)CC(=O)CCSSC(C)(C)CCC(=O)NC)cc5)c4)COc4cc3c(cc4OC)C(=O)N2C1. The molecule has 2 fully saturated rings. The van der Waals surface area contributed by atoms with Crippen molar-refractivity contribution >= 4 is 139 Å². The zero-order valence-corrected chi connectivity index (χ0v) is 89.3. The van der Waals surface area contributed by atoms with E-state index in [0.717, 1.165) is 11.1 Å². The van der Waals surface area contributed by atoms with E-state index < -0.39 is 107 Å². The Morgan fingerprint density at radius 3 is 1.64 bits per heavy atom. The van der Waals surface area contributed by atoms with Crippen molar-refractivity contribution in [1.29, 1.82) is 0 Å². The van der Waals surface area contributed by atoms with Gasteiger partial charge in [-0.15, -0.1) is 0 Å². The third-order valence-corrected chi connectivity index (χ3v) is 29.9. The van der Waals surface area contributed by atoms with Gasteiger partial charge in [0.2, 0.25) is 41.4 Å². The van der Waals surface area contributed by atoms with Gasteiger partial charge in [-0.25, -0.2) is 9.59 Å². The molecule has 14 rings (SSSR count). The molecule has 0 aliphatic carbocycles. The first kappa shape index (κ1) is 117. The summed E-state index contributed by atoms with van der Waals surface area (Å²) in [6, 6.07) is 27.4. The lowest BCUT2D eigenvalue weighted by Crippen LogP contribution is -2.49. The quantitative estimate of drug-likeness (QED) is 0.0107. The summed E-state index contributed by atoms with van der Waals surface area (Å²) < 4.78 is 65.2. The Bertz CT molecular complexity index is 5770. The molecule has 11 amide bonds. The molecule has 8 aliphatic heterocycles. The third-order valence-electron chi connectivity index (χ3n) is 26.6. The van der Waals surface area contributed by atoms with Gasteiger partial charge in [0, 0.05) is 163 Å². The third kappa shape index (κ3) is 35.5. The number of carbonyl (C=O) groups excluding carboxylic acids is 15. The van der Waals surface area contributed by atoms with Crippen LogP contribution in [-0.4, -0.2) is 240 Å². The van der Waals surface area contributed by atoms with Gasteiger partial charge in [0.15, 0.2) is 23.0 Å².